The van der Waals surface area contributed by atoms with E-state index in [4.69, 9.17) is 4.74 Å². The van der Waals surface area contributed by atoms with Gasteiger partial charge in [0, 0.05) is 29.1 Å². The van der Waals surface area contributed by atoms with Gasteiger partial charge in [-0.05, 0) is 48.0 Å². The molecule has 0 fully saturated rings. The zero-order chi connectivity index (χ0) is 24.7. The molecule has 0 spiro atoms. The molecule has 0 radical (unpaired) electrons. The van der Waals surface area contributed by atoms with E-state index in [2.05, 4.69) is 9.68 Å². The highest BCUT2D eigenvalue weighted by Gasteiger charge is 2.22. The highest BCUT2D eigenvalue weighted by atomic mass is 32.2. The van der Waals surface area contributed by atoms with Gasteiger partial charge in [0.05, 0.1) is 23.2 Å². The Bertz CT molecular complexity index is 1750. The van der Waals surface area contributed by atoms with Gasteiger partial charge in [0.1, 0.15) is 23.6 Å². The Morgan fingerprint density at radius 2 is 1.80 bits per heavy atom. The molecule has 3 aromatic carbocycles. The van der Waals surface area contributed by atoms with Gasteiger partial charge in [0.25, 0.3) is 5.56 Å². The van der Waals surface area contributed by atoms with Crippen LogP contribution in [0.1, 0.15) is 0 Å². The molecule has 0 amide bonds. The molecule has 2 heterocycles. The summed E-state index contributed by atoms with van der Waals surface area (Å²) in [6, 6.07) is 16.1. The number of rotatable bonds is 5. The van der Waals surface area contributed by atoms with E-state index in [1.807, 2.05) is 0 Å². The fourth-order valence-electron chi connectivity index (χ4n) is 3.86. The van der Waals surface area contributed by atoms with Crippen molar-refractivity contribution in [2.45, 2.75) is 9.92 Å². The monoisotopic (exact) mass is 494 g/mol. The molecule has 10 heteroatoms. The van der Waals surface area contributed by atoms with E-state index in [-0.39, 0.29) is 26.9 Å². The van der Waals surface area contributed by atoms with Crippen LogP contribution in [0.2, 0.25) is 0 Å². The first-order valence-electron chi connectivity index (χ1n) is 10.2. The minimum Gasteiger partial charge on any atom is -0.495 e. The molecule has 35 heavy (non-hydrogen) atoms. The van der Waals surface area contributed by atoms with Crippen molar-refractivity contribution in [3.63, 3.8) is 0 Å². The first-order valence-corrected chi connectivity index (χ1v) is 11.7. The largest absolute Gasteiger partial charge is 0.495 e. The highest BCUT2D eigenvalue weighted by molar-refractivity contribution is 7.91. The van der Waals surface area contributed by atoms with Gasteiger partial charge in [0.15, 0.2) is 0 Å². The smallest absolute Gasteiger partial charge is 0.255 e. The number of halogens is 2. The van der Waals surface area contributed by atoms with Crippen LogP contribution in [0, 0.1) is 11.6 Å². The topological polar surface area (TPSA) is 91.4 Å². The number of sulfone groups is 1. The Hall–Kier alpha value is -4.31. The maximum atomic E-state index is 15.2. The molecule has 7 nitrogen and oxygen atoms in total. The summed E-state index contributed by atoms with van der Waals surface area (Å²) in [7, 11) is -2.58. The van der Waals surface area contributed by atoms with E-state index in [0.717, 1.165) is 12.3 Å². The summed E-state index contributed by atoms with van der Waals surface area (Å²) in [6.45, 7) is 0. The summed E-state index contributed by atoms with van der Waals surface area (Å²) in [5.41, 5.74) is 0.348. The lowest BCUT2D eigenvalue weighted by molar-refractivity contribution is 0.400. The third kappa shape index (κ3) is 3.87. The number of aromatic nitrogens is 2. The molecule has 5 aromatic rings. The van der Waals surface area contributed by atoms with Crippen LogP contribution < -0.4 is 10.3 Å². The fourth-order valence-corrected chi connectivity index (χ4v) is 5.01. The molecule has 2 aromatic heterocycles. The van der Waals surface area contributed by atoms with E-state index < -0.39 is 27.0 Å². The Morgan fingerprint density at radius 3 is 2.51 bits per heavy atom. The van der Waals surface area contributed by atoms with Crippen LogP contribution in [0.15, 0.2) is 98.3 Å². The van der Waals surface area contributed by atoms with Crippen LogP contribution in [0.5, 0.6) is 5.75 Å². The predicted octanol–water partition coefficient (Wildman–Crippen LogP) is 4.77. The number of ether oxygens (including phenoxy) is 1. The van der Waals surface area contributed by atoms with Gasteiger partial charge in [-0.2, -0.15) is 0 Å². The maximum Gasteiger partial charge on any atom is 0.255 e. The van der Waals surface area contributed by atoms with E-state index in [9.17, 15) is 17.6 Å². The van der Waals surface area contributed by atoms with Gasteiger partial charge in [0.2, 0.25) is 14.9 Å². The lowest BCUT2D eigenvalue weighted by Gasteiger charge is -2.16. The standard InChI is InChI=1S/C25H16F2N2O5S/c1-33-23-13-19(15-3-2-4-17(26)11-15)20(27)14-22(23)29-21-7-6-18(12-16(21)5-8-25(29)30)35(31,32)24-9-10-34-28-24/h2-14H,1H3. The van der Waals surface area contributed by atoms with E-state index in [1.165, 1.54) is 72.3 Å². The van der Waals surface area contributed by atoms with Gasteiger partial charge in [-0.3, -0.25) is 9.36 Å². The second-order valence-corrected chi connectivity index (χ2v) is 9.48. The van der Waals surface area contributed by atoms with E-state index >= 15 is 4.39 Å². The lowest BCUT2D eigenvalue weighted by Crippen LogP contribution is -2.18. The quantitative estimate of drug-likeness (QED) is 0.350. The Kier molecular flexibility index (Phi) is 5.45. The van der Waals surface area contributed by atoms with Crippen LogP contribution >= 0.6 is 0 Å². The third-order valence-electron chi connectivity index (χ3n) is 5.51. The van der Waals surface area contributed by atoms with Crippen LogP contribution in [-0.4, -0.2) is 25.3 Å². The summed E-state index contributed by atoms with van der Waals surface area (Å²) < 4.78 is 65.8. The van der Waals surface area contributed by atoms with Crippen molar-refractivity contribution in [3.8, 4) is 22.6 Å². The highest BCUT2D eigenvalue weighted by Crippen LogP contribution is 2.34. The molecular weight excluding hydrogens is 478 g/mol. The van der Waals surface area contributed by atoms with Crippen LogP contribution in [0.4, 0.5) is 8.78 Å². The molecule has 0 aliphatic heterocycles. The average molecular weight is 494 g/mol. The number of fused-ring (bicyclic) bond motifs is 1. The van der Waals surface area contributed by atoms with Crippen LogP contribution in [0.25, 0.3) is 27.7 Å². The van der Waals surface area contributed by atoms with Gasteiger partial charge in [-0.15, -0.1) is 0 Å². The van der Waals surface area contributed by atoms with Gasteiger partial charge in [-0.1, -0.05) is 17.3 Å². The van der Waals surface area contributed by atoms with Crippen molar-refractivity contribution in [3.05, 3.63) is 101 Å². The summed E-state index contributed by atoms with van der Waals surface area (Å²) in [6.07, 6.45) is 1.15. The van der Waals surface area contributed by atoms with Crippen LogP contribution in [0.3, 0.4) is 0 Å². The number of hydrogen-bond acceptors (Lipinski definition) is 6. The minimum atomic E-state index is -3.94. The van der Waals surface area contributed by atoms with Gasteiger partial charge in [-0.25, -0.2) is 17.2 Å². The van der Waals surface area contributed by atoms with Gasteiger partial charge >= 0.3 is 0 Å². The normalized spacial score (nSPS) is 11.6. The lowest BCUT2D eigenvalue weighted by atomic mass is 10.0. The molecule has 176 valence electrons. The molecule has 0 unspecified atom stereocenters. The molecule has 0 atom stereocenters. The number of benzene rings is 3. The van der Waals surface area contributed by atoms with Crippen molar-refractivity contribution in [2.75, 3.05) is 7.11 Å². The van der Waals surface area contributed by atoms with Crippen molar-refractivity contribution in [2.24, 2.45) is 0 Å². The molecule has 0 aliphatic carbocycles. The summed E-state index contributed by atoms with van der Waals surface area (Å²) in [5.74, 6) is -1.05. The summed E-state index contributed by atoms with van der Waals surface area (Å²) >= 11 is 0. The minimum absolute atomic E-state index is 0.0521. The number of pyridine rings is 1. The molecule has 0 saturated carbocycles. The molecule has 0 bridgehead atoms. The molecule has 0 N–H and O–H groups in total. The van der Waals surface area contributed by atoms with Gasteiger partial charge < -0.3 is 9.26 Å². The zero-order valence-electron chi connectivity index (χ0n) is 18.1. The van der Waals surface area contributed by atoms with Crippen molar-refractivity contribution in [1.29, 1.82) is 0 Å². The SMILES string of the molecule is COc1cc(-c2cccc(F)c2)c(F)cc1-n1c(=O)ccc2cc(S(=O)(=O)c3ccon3)ccc21. The number of nitrogens with zero attached hydrogens (tertiary/aromatic N) is 2. The van der Waals surface area contributed by atoms with E-state index in [0.29, 0.717) is 16.5 Å². The fraction of sp³-hybridized carbons (Fsp3) is 0.0400. The second kappa shape index (κ2) is 8.48. The number of methoxy groups -OCH3 is 1. The molecule has 0 saturated heterocycles. The predicted molar refractivity (Wildman–Crippen MR) is 123 cm³/mol. The molecule has 5 rings (SSSR count). The Labute approximate surface area is 197 Å². The maximum absolute atomic E-state index is 15.2. The Balaban J connectivity index is 1.70. The number of hydrogen-bond donors (Lipinski definition) is 0. The average Bonchev–Trinajstić information content (AvgIpc) is 3.40. The summed E-state index contributed by atoms with van der Waals surface area (Å²) in [5, 5.41) is 3.65. The third-order valence-corrected chi connectivity index (χ3v) is 7.15. The molecule has 0 aliphatic rings. The molecular formula is C25H16F2N2O5S. The van der Waals surface area contributed by atoms with Crippen molar-refractivity contribution in [1.82, 2.24) is 9.72 Å². The second-order valence-electron chi connectivity index (χ2n) is 7.58. The zero-order valence-corrected chi connectivity index (χ0v) is 18.9. The first kappa shape index (κ1) is 22.5. The van der Waals surface area contributed by atoms with Crippen molar-refractivity contribution < 1.29 is 26.5 Å². The summed E-state index contributed by atoms with van der Waals surface area (Å²) in [4.78, 5) is 12.8. The van der Waals surface area contributed by atoms with Crippen LogP contribution in [-0.2, 0) is 9.84 Å². The van der Waals surface area contributed by atoms with E-state index in [1.54, 1.807) is 6.07 Å². The Morgan fingerprint density at radius 1 is 0.971 bits per heavy atom. The first-order chi connectivity index (χ1) is 16.8. The van der Waals surface area contributed by atoms with Crippen molar-refractivity contribution >= 4 is 20.7 Å².